The lowest BCUT2D eigenvalue weighted by Gasteiger charge is -2.26. The Morgan fingerprint density at radius 3 is 2.93 bits per heavy atom. The zero-order chi connectivity index (χ0) is 10.3. The summed E-state index contributed by atoms with van der Waals surface area (Å²) in [5.41, 5.74) is 1.76. The number of hydrogen-bond acceptors (Lipinski definition) is 1. The number of hydrogen-bond donors (Lipinski definition) is 1. The second-order valence-corrected chi connectivity index (χ2v) is 4.27. The standard InChI is InChI=1S/C13H13NO/c15-12-13(8-4-1-5-9-13)10-6-2-3-7-11(10)14-12/h2-4,6-8H,1,5,9H2,(H,14,15). The summed E-state index contributed by atoms with van der Waals surface area (Å²) >= 11 is 0. The average Bonchev–Trinajstić information content (AvgIpc) is 2.55. The van der Waals surface area contributed by atoms with Gasteiger partial charge in [-0.3, -0.25) is 4.79 Å². The summed E-state index contributed by atoms with van der Waals surface area (Å²) < 4.78 is 0. The van der Waals surface area contributed by atoms with Crippen molar-refractivity contribution < 1.29 is 4.79 Å². The normalized spacial score (nSPS) is 27.9. The molecule has 2 heteroatoms. The van der Waals surface area contributed by atoms with Crippen LogP contribution < -0.4 is 5.32 Å². The van der Waals surface area contributed by atoms with Crippen molar-refractivity contribution in [3.05, 3.63) is 42.0 Å². The molecule has 1 atom stereocenters. The van der Waals surface area contributed by atoms with Gasteiger partial charge in [-0.25, -0.2) is 0 Å². The monoisotopic (exact) mass is 199 g/mol. The molecule has 1 spiro atoms. The molecule has 0 bridgehead atoms. The lowest BCUT2D eigenvalue weighted by Crippen LogP contribution is -2.33. The molecule has 0 saturated heterocycles. The summed E-state index contributed by atoms with van der Waals surface area (Å²) in [6.07, 6.45) is 7.34. The zero-order valence-electron chi connectivity index (χ0n) is 8.49. The third-order valence-corrected chi connectivity index (χ3v) is 3.41. The van der Waals surface area contributed by atoms with Gasteiger partial charge in [0.05, 0.1) is 5.41 Å². The number of benzene rings is 1. The lowest BCUT2D eigenvalue weighted by atomic mass is 9.74. The predicted molar refractivity (Wildman–Crippen MR) is 59.7 cm³/mol. The molecule has 15 heavy (non-hydrogen) atoms. The van der Waals surface area contributed by atoms with Gasteiger partial charge < -0.3 is 5.32 Å². The first-order chi connectivity index (χ1) is 7.33. The van der Waals surface area contributed by atoms with E-state index in [-0.39, 0.29) is 11.3 Å². The molecule has 76 valence electrons. The van der Waals surface area contributed by atoms with E-state index >= 15 is 0 Å². The van der Waals surface area contributed by atoms with Crippen LogP contribution in [0.4, 0.5) is 5.69 Å². The molecule has 1 N–H and O–H groups in total. The Labute approximate surface area is 89.0 Å². The van der Waals surface area contributed by atoms with E-state index in [1.807, 2.05) is 18.2 Å². The van der Waals surface area contributed by atoms with Crippen molar-refractivity contribution in [2.24, 2.45) is 0 Å². The van der Waals surface area contributed by atoms with Crippen LogP contribution in [0.3, 0.4) is 0 Å². The first-order valence-corrected chi connectivity index (χ1v) is 5.42. The van der Waals surface area contributed by atoms with Gasteiger partial charge in [0.15, 0.2) is 0 Å². The van der Waals surface area contributed by atoms with Crippen LogP contribution in [0, 0.1) is 0 Å². The molecule has 1 amide bonds. The average molecular weight is 199 g/mol. The molecule has 0 aromatic heterocycles. The molecular formula is C13H13NO. The Balaban J connectivity index is 2.20. The van der Waals surface area contributed by atoms with Crippen LogP contribution >= 0.6 is 0 Å². The number of allylic oxidation sites excluding steroid dienone is 1. The topological polar surface area (TPSA) is 29.1 Å². The molecule has 3 rings (SSSR count). The largest absolute Gasteiger partial charge is 0.325 e. The summed E-state index contributed by atoms with van der Waals surface area (Å²) in [6, 6.07) is 8.00. The van der Waals surface area contributed by atoms with E-state index in [2.05, 4.69) is 23.5 Å². The van der Waals surface area contributed by atoms with Crippen molar-refractivity contribution in [3.63, 3.8) is 0 Å². The molecule has 1 aromatic rings. The van der Waals surface area contributed by atoms with Gasteiger partial charge in [-0.15, -0.1) is 0 Å². The van der Waals surface area contributed by atoms with Crippen molar-refractivity contribution >= 4 is 11.6 Å². The molecule has 1 aliphatic heterocycles. The van der Waals surface area contributed by atoms with Crippen LogP contribution in [-0.2, 0) is 10.2 Å². The number of carbonyl (C=O) groups excluding carboxylic acids is 1. The lowest BCUT2D eigenvalue weighted by molar-refractivity contribution is -0.119. The molecule has 2 aliphatic rings. The maximum absolute atomic E-state index is 12.0. The van der Waals surface area contributed by atoms with E-state index in [0.717, 1.165) is 30.5 Å². The van der Waals surface area contributed by atoms with Crippen molar-refractivity contribution in [1.82, 2.24) is 0 Å². The fourth-order valence-corrected chi connectivity index (χ4v) is 2.62. The number of nitrogens with one attached hydrogen (secondary N) is 1. The number of carbonyl (C=O) groups is 1. The zero-order valence-corrected chi connectivity index (χ0v) is 8.49. The molecule has 0 radical (unpaired) electrons. The highest BCUT2D eigenvalue weighted by Gasteiger charge is 2.44. The fourth-order valence-electron chi connectivity index (χ4n) is 2.62. The summed E-state index contributed by atoms with van der Waals surface area (Å²) in [6.45, 7) is 0. The second kappa shape index (κ2) is 2.96. The minimum atomic E-state index is -0.366. The van der Waals surface area contributed by atoms with Crippen LogP contribution in [-0.4, -0.2) is 5.91 Å². The number of rotatable bonds is 0. The maximum atomic E-state index is 12.0. The molecule has 1 aromatic carbocycles. The smallest absolute Gasteiger partial charge is 0.238 e. The Bertz CT molecular complexity index is 450. The third kappa shape index (κ3) is 1.08. The number of fused-ring (bicyclic) bond motifs is 2. The van der Waals surface area contributed by atoms with E-state index in [9.17, 15) is 4.79 Å². The summed E-state index contributed by atoms with van der Waals surface area (Å²) in [5.74, 6) is 0.139. The highest BCUT2D eigenvalue weighted by molar-refractivity contribution is 6.07. The van der Waals surface area contributed by atoms with Crippen LogP contribution in [0.15, 0.2) is 36.4 Å². The Morgan fingerprint density at radius 1 is 1.27 bits per heavy atom. The van der Waals surface area contributed by atoms with Crippen molar-refractivity contribution in [3.8, 4) is 0 Å². The van der Waals surface area contributed by atoms with E-state index in [0.29, 0.717) is 0 Å². The van der Waals surface area contributed by atoms with E-state index in [1.54, 1.807) is 0 Å². The first-order valence-electron chi connectivity index (χ1n) is 5.42. The third-order valence-electron chi connectivity index (χ3n) is 3.41. The van der Waals surface area contributed by atoms with E-state index in [1.165, 1.54) is 0 Å². The number of para-hydroxylation sites is 1. The number of amides is 1. The molecule has 1 aliphatic carbocycles. The maximum Gasteiger partial charge on any atom is 0.238 e. The molecule has 1 unspecified atom stereocenters. The van der Waals surface area contributed by atoms with Crippen LogP contribution in [0.5, 0.6) is 0 Å². The number of anilines is 1. The summed E-state index contributed by atoms with van der Waals surface area (Å²) in [7, 11) is 0. The van der Waals surface area contributed by atoms with Gasteiger partial charge >= 0.3 is 0 Å². The van der Waals surface area contributed by atoms with Crippen LogP contribution in [0.2, 0.25) is 0 Å². The Kier molecular flexibility index (Phi) is 1.72. The van der Waals surface area contributed by atoms with E-state index < -0.39 is 0 Å². The highest BCUT2D eigenvalue weighted by atomic mass is 16.2. The quantitative estimate of drug-likeness (QED) is 0.639. The van der Waals surface area contributed by atoms with Gasteiger partial charge in [-0.1, -0.05) is 30.4 Å². The first kappa shape index (κ1) is 8.72. The molecule has 0 saturated carbocycles. The molecule has 1 heterocycles. The highest BCUT2D eigenvalue weighted by Crippen LogP contribution is 2.44. The minimum Gasteiger partial charge on any atom is -0.325 e. The van der Waals surface area contributed by atoms with E-state index in [4.69, 9.17) is 0 Å². The van der Waals surface area contributed by atoms with Gasteiger partial charge in [0, 0.05) is 5.69 Å². The van der Waals surface area contributed by atoms with Gasteiger partial charge in [-0.2, -0.15) is 0 Å². The van der Waals surface area contributed by atoms with Crippen molar-refractivity contribution in [1.29, 1.82) is 0 Å². The van der Waals surface area contributed by atoms with Crippen LogP contribution in [0.25, 0.3) is 0 Å². The Morgan fingerprint density at radius 2 is 2.13 bits per heavy atom. The minimum absolute atomic E-state index is 0.139. The van der Waals surface area contributed by atoms with Crippen molar-refractivity contribution in [2.75, 3.05) is 5.32 Å². The SMILES string of the molecule is O=C1Nc2ccccc2C12C=CCCC2. The van der Waals surface area contributed by atoms with Gasteiger partial charge in [0.1, 0.15) is 0 Å². The van der Waals surface area contributed by atoms with Gasteiger partial charge in [0.2, 0.25) is 5.91 Å². The Hall–Kier alpha value is -1.57. The summed E-state index contributed by atoms with van der Waals surface area (Å²) in [4.78, 5) is 12.0. The molecular weight excluding hydrogens is 186 g/mol. The fraction of sp³-hybridized carbons (Fsp3) is 0.308. The van der Waals surface area contributed by atoms with Gasteiger partial charge in [-0.05, 0) is 30.9 Å². The van der Waals surface area contributed by atoms with Crippen molar-refractivity contribution in [2.45, 2.75) is 24.7 Å². The molecule has 2 nitrogen and oxygen atoms in total. The van der Waals surface area contributed by atoms with Gasteiger partial charge in [0.25, 0.3) is 0 Å². The summed E-state index contributed by atoms with van der Waals surface area (Å²) in [5, 5.41) is 2.97. The molecule has 0 fully saturated rings. The van der Waals surface area contributed by atoms with Crippen LogP contribution in [0.1, 0.15) is 24.8 Å². The second-order valence-electron chi connectivity index (χ2n) is 4.27. The predicted octanol–water partition coefficient (Wildman–Crippen LogP) is 2.62.